The summed E-state index contributed by atoms with van der Waals surface area (Å²) in [6.45, 7) is 2.27. The predicted molar refractivity (Wildman–Crippen MR) is 107 cm³/mol. The Hall–Kier alpha value is -1.81. The minimum atomic E-state index is 0.773. The van der Waals surface area contributed by atoms with Gasteiger partial charge in [0, 0.05) is 6.08 Å². The molecule has 0 saturated heterocycles. The van der Waals surface area contributed by atoms with Gasteiger partial charge in [-0.3, -0.25) is 0 Å². The van der Waals surface area contributed by atoms with Gasteiger partial charge in [0.25, 0.3) is 0 Å². The quantitative estimate of drug-likeness (QED) is 0.268. The maximum absolute atomic E-state index is 8.44. The first-order valence-corrected chi connectivity index (χ1v) is 10.1. The molecule has 134 valence electrons. The van der Waals surface area contributed by atoms with Crippen LogP contribution in [-0.4, -0.2) is 0 Å². The van der Waals surface area contributed by atoms with Gasteiger partial charge in [0.05, 0.1) is 6.07 Å². The van der Waals surface area contributed by atoms with Gasteiger partial charge in [-0.1, -0.05) is 62.3 Å². The van der Waals surface area contributed by atoms with Gasteiger partial charge in [-0.2, -0.15) is 5.26 Å². The molecule has 0 N–H and O–H groups in total. The zero-order chi connectivity index (χ0) is 17.7. The SMILES string of the molecule is CCCCCc1ccc([C@H]2CC[C@H](CCC=CC=CC#N)CC2)cc1. The molecule has 1 heteroatoms. The number of allylic oxidation sites excluding steroid dienone is 4. The molecule has 25 heavy (non-hydrogen) atoms. The number of aryl methyl sites for hydroxylation is 1. The van der Waals surface area contributed by atoms with E-state index in [9.17, 15) is 0 Å². The molecule has 1 aliphatic rings. The highest BCUT2D eigenvalue weighted by molar-refractivity contribution is 5.26. The van der Waals surface area contributed by atoms with Crippen LogP contribution in [0.3, 0.4) is 0 Å². The predicted octanol–water partition coefficient (Wildman–Crippen LogP) is 7.11. The van der Waals surface area contributed by atoms with Crippen molar-refractivity contribution in [2.45, 2.75) is 77.0 Å². The van der Waals surface area contributed by atoms with Crippen molar-refractivity contribution in [3.63, 3.8) is 0 Å². The first-order valence-electron chi connectivity index (χ1n) is 10.1. The average molecular weight is 336 g/mol. The van der Waals surface area contributed by atoms with E-state index >= 15 is 0 Å². The standard InChI is InChI=1S/C24H33N/c1-2-3-7-10-21-12-16-23(17-13-21)24-18-14-22(15-19-24)11-8-5-4-6-9-20-25/h4-6,9,12-13,16-17,22,24H,2-3,7-8,10-11,14-15,18-19H2,1H3/t22-,24-. The van der Waals surface area contributed by atoms with E-state index in [1.54, 1.807) is 5.56 Å². The minimum Gasteiger partial charge on any atom is -0.193 e. The van der Waals surface area contributed by atoms with Crippen LogP contribution in [0.2, 0.25) is 0 Å². The zero-order valence-corrected chi connectivity index (χ0v) is 15.8. The lowest BCUT2D eigenvalue weighted by Crippen LogP contribution is -2.13. The number of nitriles is 1. The van der Waals surface area contributed by atoms with Crippen molar-refractivity contribution < 1.29 is 0 Å². The smallest absolute Gasteiger partial charge is 0.0912 e. The molecule has 1 saturated carbocycles. The van der Waals surface area contributed by atoms with Crippen LogP contribution < -0.4 is 0 Å². The maximum atomic E-state index is 8.44. The lowest BCUT2D eigenvalue weighted by Gasteiger charge is -2.28. The van der Waals surface area contributed by atoms with Crippen LogP contribution in [-0.2, 0) is 6.42 Å². The molecule has 0 unspecified atom stereocenters. The van der Waals surface area contributed by atoms with Crippen LogP contribution in [0.15, 0.2) is 48.6 Å². The summed E-state index contributed by atoms with van der Waals surface area (Å²) in [4.78, 5) is 0. The van der Waals surface area contributed by atoms with Crippen LogP contribution in [0.4, 0.5) is 0 Å². The second kappa shape index (κ2) is 11.7. The van der Waals surface area contributed by atoms with Gasteiger partial charge in [0.15, 0.2) is 0 Å². The third-order valence-corrected chi connectivity index (χ3v) is 5.53. The summed E-state index contributed by atoms with van der Waals surface area (Å²) in [7, 11) is 0. The van der Waals surface area contributed by atoms with Gasteiger partial charge in [-0.05, 0) is 74.3 Å². The van der Waals surface area contributed by atoms with Crippen LogP contribution in [0.1, 0.15) is 81.8 Å². The number of hydrogen-bond acceptors (Lipinski definition) is 1. The summed E-state index contributed by atoms with van der Waals surface area (Å²) in [5, 5.41) is 8.44. The van der Waals surface area contributed by atoms with E-state index in [1.165, 1.54) is 69.4 Å². The molecule has 0 bridgehead atoms. The second-order valence-electron chi connectivity index (χ2n) is 7.41. The largest absolute Gasteiger partial charge is 0.193 e. The van der Waals surface area contributed by atoms with Gasteiger partial charge in [0.1, 0.15) is 0 Å². The Morgan fingerprint density at radius 2 is 1.80 bits per heavy atom. The minimum absolute atomic E-state index is 0.773. The maximum Gasteiger partial charge on any atom is 0.0912 e. The lowest BCUT2D eigenvalue weighted by atomic mass is 9.77. The fourth-order valence-corrected chi connectivity index (χ4v) is 3.93. The average Bonchev–Trinajstić information content (AvgIpc) is 2.66. The van der Waals surface area contributed by atoms with E-state index < -0.39 is 0 Å². The molecule has 0 spiro atoms. The molecule has 1 nitrogen and oxygen atoms in total. The molecule has 0 aliphatic heterocycles. The van der Waals surface area contributed by atoms with Crippen molar-refractivity contribution >= 4 is 0 Å². The summed E-state index contributed by atoms with van der Waals surface area (Å²) >= 11 is 0. The van der Waals surface area contributed by atoms with E-state index in [-0.39, 0.29) is 0 Å². The van der Waals surface area contributed by atoms with E-state index in [1.807, 2.05) is 18.2 Å². The van der Waals surface area contributed by atoms with Gasteiger partial charge < -0.3 is 0 Å². The van der Waals surface area contributed by atoms with E-state index in [2.05, 4.69) is 37.3 Å². The molecule has 2 rings (SSSR count). The Kier molecular flexibility index (Phi) is 9.13. The van der Waals surface area contributed by atoms with Gasteiger partial charge in [-0.25, -0.2) is 0 Å². The Labute approximate surface area is 154 Å². The van der Waals surface area contributed by atoms with Crippen molar-refractivity contribution in [1.82, 2.24) is 0 Å². The summed E-state index contributed by atoms with van der Waals surface area (Å²) < 4.78 is 0. The van der Waals surface area contributed by atoms with Gasteiger partial charge >= 0.3 is 0 Å². The number of rotatable bonds is 9. The van der Waals surface area contributed by atoms with Crippen molar-refractivity contribution in [2.75, 3.05) is 0 Å². The van der Waals surface area contributed by atoms with E-state index in [0.717, 1.165) is 18.3 Å². The van der Waals surface area contributed by atoms with Crippen molar-refractivity contribution in [3.8, 4) is 6.07 Å². The third-order valence-electron chi connectivity index (χ3n) is 5.53. The fourth-order valence-electron chi connectivity index (χ4n) is 3.93. The van der Waals surface area contributed by atoms with Crippen LogP contribution in [0.25, 0.3) is 0 Å². The Bertz CT molecular complexity index is 565. The molecular formula is C24H33N. The highest BCUT2D eigenvalue weighted by Gasteiger charge is 2.21. The summed E-state index contributed by atoms with van der Waals surface area (Å²) in [5.74, 6) is 1.66. The van der Waals surface area contributed by atoms with Crippen LogP contribution in [0.5, 0.6) is 0 Å². The highest BCUT2D eigenvalue weighted by Crippen LogP contribution is 2.37. The molecule has 1 fully saturated rings. The third kappa shape index (κ3) is 7.30. The Balaban J connectivity index is 1.70. The number of nitrogens with zero attached hydrogens (tertiary/aromatic N) is 1. The Morgan fingerprint density at radius 1 is 1.04 bits per heavy atom. The number of hydrogen-bond donors (Lipinski definition) is 0. The topological polar surface area (TPSA) is 23.8 Å². The summed E-state index contributed by atoms with van der Waals surface area (Å²) in [6, 6.07) is 11.5. The molecule has 1 aromatic rings. The normalized spacial score (nSPS) is 21.0. The van der Waals surface area contributed by atoms with Crippen molar-refractivity contribution in [3.05, 3.63) is 59.7 Å². The molecule has 0 aromatic heterocycles. The van der Waals surface area contributed by atoms with E-state index in [4.69, 9.17) is 5.26 Å². The van der Waals surface area contributed by atoms with Crippen LogP contribution in [0, 0.1) is 17.2 Å². The summed E-state index contributed by atoms with van der Waals surface area (Å²) in [6.07, 6.45) is 20.6. The zero-order valence-electron chi connectivity index (χ0n) is 15.8. The van der Waals surface area contributed by atoms with Crippen LogP contribution >= 0.6 is 0 Å². The monoisotopic (exact) mass is 335 g/mol. The van der Waals surface area contributed by atoms with Gasteiger partial charge in [0.2, 0.25) is 0 Å². The molecule has 0 atom stereocenters. The van der Waals surface area contributed by atoms with Crippen molar-refractivity contribution in [1.29, 1.82) is 5.26 Å². The summed E-state index contributed by atoms with van der Waals surface area (Å²) in [5.41, 5.74) is 3.06. The van der Waals surface area contributed by atoms with Crippen molar-refractivity contribution in [2.24, 2.45) is 5.92 Å². The molecule has 1 aliphatic carbocycles. The first-order chi connectivity index (χ1) is 12.3. The molecule has 0 amide bonds. The lowest BCUT2D eigenvalue weighted by molar-refractivity contribution is 0.312. The molecule has 1 aromatic carbocycles. The molecule has 0 heterocycles. The van der Waals surface area contributed by atoms with E-state index in [0.29, 0.717) is 0 Å². The number of unbranched alkanes of at least 4 members (excludes halogenated alkanes) is 2. The second-order valence-corrected chi connectivity index (χ2v) is 7.41. The Morgan fingerprint density at radius 3 is 2.48 bits per heavy atom. The molecular weight excluding hydrogens is 302 g/mol. The van der Waals surface area contributed by atoms with Gasteiger partial charge in [-0.15, -0.1) is 0 Å². The highest BCUT2D eigenvalue weighted by atomic mass is 14.3. The fraction of sp³-hybridized carbons (Fsp3) is 0.542. The number of benzene rings is 1. The first kappa shape index (κ1) is 19.5. The molecule has 0 radical (unpaired) electrons.